The molecule has 0 fully saturated rings. The lowest BCUT2D eigenvalue weighted by Crippen LogP contribution is -2.09. The number of hydrogen-bond acceptors (Lipinski definition) is 7. The Morgan fingerprint density at radius 3 is 2.43 bits per heavy atom. The summed E-state index contributed by atoms with van der Waals surface area (Å²) in [6, 6.07) is 1.54. The first kappa shape index (κ1) is 18.3. The van der Waals surface area contributed by atoms with Crippen molar-refractivity contribution in [2.75, 3.05) is 7.11 Å². The van der Waals surface area contributed by atoms with Crippen LogP contribution in [0.5, 0.6) is 0 Å². The van der Waals surface area contributed by atoms with Gasteiger partial charge in [0.05, 0.1) is 11.8 Å². The number of thioether (sulfide) groups is 1. The van der Waals surface area contributed by atoms with Crippen LogP contribution < -0.4 is 0 Å². The van der Waals surface area contributed by atoms with Gasteiger partial charge < -0.3 is 0 Å². The summed E-state index contributed by atoms with van der Waals surface area (Å²) in [7, 11) is -6.87. The monoisotopic (exact) mass is 369 g/mol. The van der Waals surface area contributed by atoms with Crippen LogP contribution in [0.1, 0.15) is 0 Å². The lowest BCUT2D eigenvalue weighted by molar-refractivity contribution is -0.0964. The molecule has 0 amide bonds. The van der Waals surface area contributed by atoms with Crippen molar-refractivity contribution in [3.8, 4) is 0 Å². The van der Waals surface area contributed by atoms with E-state index >= 15 is 0 Å². The summed E-state index contributed by atoms with van der Waals surface area (Å²) in [6.07, 6.45) is 0. The molecule has 0 aliphatic rings. The van der Waals surface area contributed by atoms with Crippen LogP contribution in [0.4, 0.5) is 17.6 Å². The van der Waals surface area contributed by atoms with Crippen LogP contribution in [0.3, 0.4) is 0 Å². The fraction of sp³-hybridized carbons (Fsp3) is 0.250. The van der Waals surface area contributed by atoms with Gasteiger partial charge in [0.1, 0.15) is 10.7 Å². The van der Waals surface area contributed by atoms with E-state index in [4.69, 9.17) is 0 Å². The van der Waals surface area contributed by atoms with Crippen LogP contribution in [0.2, 0.25) is 0 Å². The first-order chi connectivity index (χ1) is 9.55. The SMILES string of the molecule is CO[P+](=O)OOS(=O)(=O)c1ccc(F)cc1SC(F)(F)F. The molecule has 0 bridgehead atoms. The number of halogens is 4. The fourth-order valence-electron chi connectivity index (χ4n) is 1.02. The van der Waals surface area contributed by atoms with Crippen molar-refractivity contribution in [2.24, 2.45) is 0 Å². The van der Waals surface area contributed by atoms with Gasteiger partial charge in [-0.1, -0.05) is 4.33 Å². The largest absolute Gasteiger partial charge is 0.729 e. The fourth-order valence-corrected chi connectivity index (χ4v) is 3.24. The third-order valence-corrected chi connectivity index (χ3v) is 4.39. The smallest absolute Gasteiger partial charge is 0.207 e. The van der Waals surface area contributed by atoms with Gasteiger partial charge in [0.2, 0.25) is 0 Å². The molecule has 1 aromatic carbocycles. The molecule has 0 saturated heterocycles. The highest BCUT2D eigenvalue weighted by Gasteiger charge is 2.35. The summed E-state index contributed by atoms with van der Waals surface area (Å²) in [4.78, 5) is -1.95. The molecule has 118 valence electrons. The molecule has 1 rings (SSSR count). The second-order valence-electron chi connectivity index (χ2n) is 3.14. The highest BCUT2D eigenvalue weighted by molar-refractivity contribution is 8.00. The molecule has 13 heteroatoms. The Kier molecular flexibility index (Phi) is 6.08. The molecule has 0 aromatic heterocycles. The maximum absolute atomic E-state index is 13.0. The van der Waals surface area contributed by atoms with Crippen molar-refractivity contribution in [1.82, 2.24) is 0 Å². The molecule has 0 aliphatic heterocycles. The molecule has 1 aromatic rings. The van der Waals surface area contributed by atoms with Crippen LogP contribution in [-0.2, 0) is 28.2 Å². The summed E-state index contributed by atoms with van der Waals surface area (Å²) in [6.45, 7) is 0. The minimum atomic E-state index is -4.86. The average molecular weight is 369 g/mol. The van der Waals surface area contributed by atoms with Gasteiger partial charge in [-0.2, -0.15) is 21.6 Å². The molecule has 1 atom stereocenters. The van der Waals surface area contributed by atoms with E-state index in [-0.39, 0.29) is 0 Å². The molecular formula is C8H6F4O6PS2+. The minimum absolute atomic E-state index is 0.366. The van der Waals surface area contributed by atoms with Crippen LogP contribution in [0.15, 0.2) is 28.0 Å². The highest BCUT2D eigenvalue weighted by Crippen LogP contribution is 2.41. The van der Waals surface area contributed by atoms with E-state index in [1.165, 1.54) is 0 Å². The first-order valence-electron chi connectivity index (χ1n) is 4.73. The summed E-state index contributed by atoms with van der Waals surface area (Å²) < 4.78 is 95.6. The Balaban J connectivity index is 3.13. The van der Waals surface area contributed by atoms with Crippen molar-refractivity contribution in [3.63, 3.8) is 0 Å². The lowest BCUT2D eigenvalue weighted by Gasteiger charge is -2.09. The molecule has 0 heterocycles. The number of hydrogen-bond donors (Lipinski definition) is 0. The first-order valence-corrected chi connectivity index (χ1v) is 8.05. The zero-order chi connectivity index (χ0) is 16.3. The predicted molar refractivity (Wildman–Crippen MR) is 62.3 cm³/mol. The normalized spacial score (nSPS) is 13.3. The van der Waals surface area contributed by atoms with Crippen molar-refractivity contribution >= 4 is 30.1 Å². The van der Waals surface area contributed by atoms with E-state index in [1.54, 1.807) is 0 Å². The van der Waals surface area contributed by atoms with E-state index in [0.717, 1.165) is 7.11 Å². The number of alkyl halides is 3. The summed E-state index contributed by atoms with van der Waals surface area (Å²) in [5.74, 6) is -1.08. The number of benzene rings is 1. The molecule has 21 heavy (non-hydrogen) atoms. The van der Waals surface area contributed by atoms with E-state index in [2.05, 4.69) is 13.5 Å². The van der Waals surface area contributed by atoms with Gasteiger partial charge in [0.25, 0.3) is 0 Å². The Bertz CT molecular complexity index is 632. The summed E-state index contributed by atoms with van der Waals surface area (Å²) in [5, 5.41) is 0. The standard InChI is InChI=1S/C8H6F4O6PS2/c1-16-19(13)17-18-21(14,15)7-3-2-5(9)4-6(7)20-8(10,11)12/h2-4H,1H3/q+1. The predicted octanol–water partition coefficient (Wildman–Crippen LogP) is 3.38. The second kappa shape index (κ2) is 6.99. The van der Waals surface area contributed by atoms with Crippen LogP contribution >= 0.6 is 20.0 Å². The Labute approximate surface area is 121 Å². The molecule has 0 radical (unpaired) electrons. The summed E-state index contributed by atoms with van der Waals surface area (Å²) >= 11 is -0.850. The van der Waals surface area contributed by atoms with E-state index in [9.17, 15) is 30.5 Å². The number of rotatable bonds is 6. The van der Waals surface area contributed by atoms with E-state index in [0.29, 0.717) is 18.2 Å². The summed E-state index contributed by atoms with van der Waals surface area (Å²) in [5.41, 5.74) is -4.85. The maximum atomic E-state index is 13.0. The Morgan fingerprint density at radius 1 is 1.29 bits per heavy atom. The van der Waals surface area contributed by atoms with Crippen molar-refractivity contribution in [1.29, 1.82) is 0 Å². The van der Waals surface area contributed by atoms with E-state index in [1.807, 2.05) is 0 Å². The van der Waals surface area contributed by atoms with Gasteiger partial charge >= 0.3 is 23.9 Å². The molecule has 1 unspecified atom stereocenters. The molecule has 0 N–H and O–H groups in total. The topological polar surface area (TPSA) is 78.9 Å². The third kappa shape index (κ3) is 5.85. The molecule has 0 saturated carbocycles. The van der Waals surface area contributed by atoms with Crippen LogP contribution in [0.25, 0.3) is 0 Å². The highest BCUT2D eigenvalue weighted by atomic mass is 32.2. The molecular weight excluding hydrogens is 363 g/mol. The van der Waals surface area contributed by atoms with Crippen molar-refractivity contribution in [3.05, 3.63) is 24.0 Å². The minimum Gasteiger partial charge on any atom is -0.207 e. The zero-order valence-electron chi connectivity index (χ0n) is 9.96. The van der Waals surface area contributed by atoms with Crippen molar-refractivity contribution in [2.45, 2.75) is 15.3 Å². The molecule has 0 spiro atoms. The zero-order valence-corrected chi connectivity index (χ0v) is 12.5. The van der Waals surface area contributed by atoms with Gasteiger partial charge in [0.15, 0.2) is 0 Å². The van der Waals surface area contributed by atoms with Gasteiger partial charge in [0, 0.05) is 9.46 Å². The van der Waals surface area contributed by atoms with Crippen LogP contribution in [0, 0.1) is 5.82 Å². The van der Waals surface area contributed by atoms with Gasteiger partial charge in [-0.05, 0) is 30.0 Å². The average Bonchev–Trinajstić information content (AvgIpc) is 2.33. The van der Waals surface area contributed by atoms with Crippen molar-refractivity contribution < 1.29 is 44.1 Å². The third-order valence-electron chi connectivity index (χ3n) is 1.73. The quantitative estimate of drug-likeness (QED) is 0.250. The lowest BCUT2D eigenvalue weighted by atomic mass is 10.3. The second-order valence-corrected chi connectivity index (χ2v) is 6.69. The van der Waals surface area contributed by atoms with Gasteiger partial charge in [-0.3, -0.25) is 0 Å². The Morgan fingerprint density at radius 2 is 1.90 bits per heavy atom. The van der Waals surface area contributed by atoms with Crippen LogP contribution in [-0.4, -0.2) is 21.0 Å². The maximum Gasteiger partial charge on any atom is 0.729 e. The molecule has 0 aliphatic carbocycles. The van der Waals surface area contributed by atoms with E-state index < -0.39 is 51.3 Å². The molecule has 6 nitrogen and oxygen atoms in total. The van der Waals surface area contributed by atoms with Gasteiger partial charge in [-0.15, -0.1) is 4.52 Å². The Hall–Kier alpha value is -0.780. The van der Waals surface area contributed by atoms with Gasteiger partial charge in [-0.25, -0.2) is 4.39 Å².